The number of aromatic amines is 2. The molecule has 0 aliphatic carbocycles. The Morgan fingerprint density at radius 3 is 2.67 bits per heavy atom. The highest BCUT2D eigenvalue weighted by Gasteiger charge is 2.48. The summed E-state index contributed by atoms with van der Waals surface area (Å²) < 4.78 is 11.1. The largest absolute Gasteiger partial charge is 0.466 e. The molecule has 7 nitrogen and oxygen atoms in total. The van der Waals surface area contributed by atoms with Gasteiger partial charge in [0.05, 0.1) is 12.2 Å². The van der Waals surface area contributed by atoms with E-state index in [1.165, 1.54) is 0 Å². The van der Waals surface area contributed by atoms with Crippen LogP contribution in [0.5, 0.6) is 5.88 Å². The second-order valence-electron chi connectivity index (χ2n) is 5.80. The van der Waals surface area contributed by atoms with Crippen LogP contribution in [-0.2, 0) is 21.6 Å². The molecule has 0 amide bonds. The molecule has 7 heteroatoms. The standard InChI is InChI=1S/C17H18N2O5/c1-3-23-15(21)12-9-11-13(20)18-16(22)19-14(11)24-17(12,2)10-7-5-4-6-8-10/h4-8,12H,3,9H2,1-2H3,(H2,18,19,20,22)/t12-,17-/m1/s1. The summed E-state index contributed by atoms with van der Waals surface area (Å²) in [6, 6.07) is 9.20. The molecule has 1 aromatic heterocycles. The number of nitrogens with one attached hydrogen (secondary N) is 2. The van der Waals surface area contributed by atoms with E-state index in [-0.39, 0.29) is 24.5 Å². The third-order valence-electron chi connectivity index (χ3n) is 4.31. The van der Waals surface area contributed by atoms with Gasteiger partial charge in [0, 0.05) is 6.42 Å². The van der Waals surface area contributed by atoms with Gasteiger partial charge >= 0.3 is 11.7 Å². The van der Waals surface area contributed by atoms with E-state index in [9.17, 15) is 14.4 Å². The zero-order chi connectivity index (χ0) is 17.3. The molecule has 2 atom stereocenters. The lowest BCUT2D eigenvalue weighted by atomic mass is 9.77. The Kier molecular flexibility index (Phi) is 4.01. The molecule has 0 spiro atoms. The quantitative estimate of drug-likeness (QED) is 0.821. The normalized spacial score (nSPS) is 22.3. The van der Waals surface area contributed by atoms with Crippen LogP contribution in [-0.4, -0.2) is 22.5 Å². The average molecular weight is 330 g/mol. The summed E-state index contributed by atoms with van der Waals surface area (Å²) in [4.78, 5) is 40.7. The molecule has 1 aliphatic rings. The van der Waals surface area contributed by atoms with Gasteiger partial charge in [-0.3, -0.25) is 19.6 Å². The smallest absolute Gasteiger partial charge is 0.328 e. The van der Waals surface area contributed by atoms with Gasteiger partial charge in [0.1, 0.15) is 11.5 Å². The van der Waals surface area contributed by atoms with E-state index in [0.717, 1.165) is 5.56 Å². The van der Waals surface area contributed by atoms with Gasteiger partial charge in [-0.2, -0.15) is 0 Å². The summed E-state index contributed by atoms with van der Waals surface area (Å²) in [5, 5.41) is 0. The highest BCUT2D eigenvalue weighted by molar-refractivity contribution is 5.75. The fourth-order valence-electron chi connectivity index (χ4n) is 3.03. The minimum Gasteiger partial charge on any atom is -0.466 e. The predicted octanol–water partition coefficient (Wildman–Crippen LogP) is 1.09. The van der Waals surface area contributed by atoms with E-state index in [4.69, 9.17) is 9.47 Å². The highest BCUT2D eigenvalue weighted by Crippen LogP contribution is 2.41. The van der Waals surface area contributed by atoms with Crippen LogP contribution in [0.3, 0.4) is 0 Å². The lowest BCUT2D eigenvalue weighted by Gasteiger charge is -2.40. The van der Waals surface area contributed by atoms with Crippen molar-refractivity contribution in [3.05, 3.63) is 62.3 Å². The van der Waals surface area contributed by atoms with Crippen LogP contribution in [0.1, 0.15) is 25.0 Å². The van der Waals surface area contributed by atoms with Crippen molar-refractivity contribution in [2.24, 2.45) is 5.92 Å². The van der Waals surface area contributed by atoms with Crippen LogP contribution < -0.4 is 16.0 Å². The Labute approximate surface area is 137 Å². The molecular weight excluding hydrogens is 312 g/mol. The molecule has 0 radical (unpaired) electrons. The molecule has 0 fully saturated rings. The number of fused-ring (bicyclic) bond motifs is 1. The van der Waals surface area contributed by atoms with Crippen LogP contribution in [0.15, 0.2) is 39.9 Å². The first-order chi connectivity index (χ1) is 11.5. The zero-order valence-electron chi connectivity index (χ0n) is 13.4. The van der Waals surface area contributed by atoms with Crippen LogP contribution in [0.25, 0.3) is 0 Å². The predicted molar refractivity (Wildman–Crippen MR) is 85.9 cm³/mol. The third-order valence-corrected chi connectivity index (χ3v) is 4.31. The molecule has 0 saturated carbocycles. The molecule has 0 unspecified atom stereocenters. The summed E-state index contributed by atoms with van der Waals surface area (Å²) in [6.45, 7) is 3.71. The Morgan fingerprint density at radius 1 is 1.29 bits per heavy atom. The lowest BCUT2D eigenvalue weighted by molar-refractivity contribution is -0.158. The molecular formula is C17H18N2O5. The van der Waals surface area contributed by atoms with Gasteiger partial charge in [0.25, 0.3) is 5.56 Å². The maximum Gasteiger partial charge on any atom is 0.328 e. The Morgan fingerprint density at radius 2 is 2.00 bits per heavy atom. The maximum atomic E-state index is 12.5. The van der Waals surface area contributed by atoms with Crippen LogP contribution >= 0.6 is 0 Å². The summed E-state index contributed by atoms with van der Waals surface area (Å²) in [5.74, 6) is -1.06. The van der Waals surface area contributed by atoms with Gasteiger partial charge in [0.15, 0.2) is 0 Å². The van der Waals surface area contributed by atoms with Crippen molar-refractivity contribution in [2.45, 2.75) is 25.9 Å². The summed E-state index contributed by atoms with van der Waals surface area (Å²) in [7, 11) is 0. The molecule has 1 aliphatic heterocycles. The van der Waals surface area contributed by atoms with Crippen molar-refractivity contribution in [2.75, 3.05) is 6.61 Å². The van der Waals surface area contributed by atoms with Crippen LogP contribution in [0, 0.1) is 5.92 Å². The number of ether oxygens (including phenoxy) is 2. The van der Waals surface area contributed by atoms with E-state index in [2.05, 4.69) is 9.97 Å². The second kappa shape index (κ2) is 5.99. The Balaban J connectivity index is 2.16. The van der Waals surface area contributed by atoms with Gasteiger partial charge in [-0.15, -0.1) is 0 Å². The van der Waals surface area contributed by atoms with E-state index in [1.54, 1.807) is 13.8 Å². The first-order valence-corrected chi connectivity index (χ1v) is 7.72. The van der Waals surface area contributed by atoms with Gasteiger partial charge in [-0.1, -0.05) is 30.3 Å². The molecule has 2 heterocycles. The number of hydrogen-bond acceptors (Lipinski definition) is 5. The van der Waals surface area contributed by atoms with Gasteiger partial charge in [-0.25, -0.2) is 4.79 Å². The first kappa shape index (κ1) is 16.0. The van der Waals surface area contributed by atoms with Crippen LogP contribution in [0.2, 0.25) is 0 Å². The number of rotatable bonds is 3. The van der Waals surface area contributed by atoms with Gasteiger partial charge in [-0.05, 0) is 19.4 Å². The van der Waals surface area contributed by atoms with Gasteiger partial charge < -0.3 is 9.47 Å². The van der Waals surface area contributed by atoms with Crippen molar-refractivity contribution in [1.82, 2.24) is 9.97 Å². The molecule has 2 N–H and O–H groups in total. The molecule has 1 aromatic carbocycles. The fraction of sp³-hybridized carbons (Fsp3) is 0.353. The van der Waals surface area contributed by atoms with Crippen molar-refractivity contribution in [1.29, 1.82) is 0 Å². The number of benzene rings is 1. The van der Waals surface area contributed by atoms with Crippen molar-refractivity contribution in [3.63, 3.8) is 0 Å². The van der Waals surface area contributed by atoms with Crippen molar-refractivity contribution >= 4 is 5.97 Å². The van der Waals surface area contributed by atoms with Crippen molar-refractivity contribution < 1.29 is 14.3 Å². The lowest BCUT2D eigenvalue weighted by Crippen LogP contribution is -2.49. The number of hydrogen-bond donors (Lipinski definition) is 2. The Bertz CT molecular complexity index is 871. The molecule has 0 saturated heterocycles. The van der Waals surface area contributed by atoms with Crippen molar-refractivity contribution in [3.8, 4) is 5.88 Å². The monoisotopic (exact) mass is 330 g/mol. The second-order valence-corrected chi connectivity index (χ2v) is 5.80. The molecule has 24 heavy (non-hydrogen) atoms. The SMILES string of the molecule is CCOC(=O)[C@H]1Cc2c([nH]c(=O)[nH]c2=O)O[C@]1(C)c1ccccc1. The molecule has 126 valence electrons. The molecule has 2 aromatic rings. The van der Waals surface area contributed by atoms with Crippen LogP contribution in [0.4, 0.5) is 0 Å². The molecule has 0 bridgehead atoms. The average Bonchev–Trinajstić information content (AvgIpc) is 2.55. The molecule has 3 rings (SSSR count). The maximum absolute atomic E-state index is 12.5. The number of carbonyl (C=O) groups is 1. The zero-order valence-corrected chi connectivity index (χ0v) is 13.4. The van der Waals surface area contributed by atoms with Gasteiger partial charge in [0.2, 0.25) is 5.88 Å². The summed E-state index contributed by atoms with van der Waals surface area (Å²) >= 11 is 0. The van der Waals surface area contributed by atoms with E-state index in [1.807, 2.05) is 30.3 Å². The minimum absolute atomic E-state index is 0.0932. The number of carbonyl (C=O) groups excluding carboxylic acids is 1. The fourth-order valence-corrected chi connectivity index (χ4v) is 3.03. The highest BCUT2D eigenvalue weighted by atomic mass is 16.5. The van der Waals surface area contributed by atoms with E-state index >= 15 is 0 Å². The number of esters is 1. The topological polar surface area (TPSA) is 101 Å². The first-order valence-electron chi connectivity index (χ1n) is 7.72. The van der Waals surface area contributed by atoms with E-state index < -0.39 is 28.7 Å². The number of H-pyrrole nitrogens is 2. The third kappa shape index (κ3) is 2.62. The number of aromatic nitrogens is 2. The minimum atomic E-state index is -1.06. The summed E-state index contributed by atoms with van der Waals surface area (Å²) in [5.41, 5.74) is -1.27. The van der Waals surface area contributed by atoms with E-state index in [0.29, 0.717) is 0 Å². The Hall–Kier alpha value is -2.83. The summed E-state index contributed by atoms with van der Waals surface area (Å²) in [6.07, 6.45) is 0.117.